The van der Waals surface area contributed by atoms with Gasteiger partial charge in [0.1, 0.15) is 0 Å². The van der Waals surface area contributed by atoms with Crippen molar-refractivity contribution < 1.29 is 13.6 Å². The Labute approximate surface area is 143 Å². The minimum absolute atomic E-state index is 0.116. The number of nitrogens with one attached hydrogen (secondary N) is 1. The van der Waals surface area contributed by atoms with Gasteiger partial charge in [-0.3, -0.25) is 4.79 Å². The third-order valence-corrected chi connectivity index (χ3v) is 4.45. The predicted octanol–water partition coefficient (Wildman–Crippen LogP) is 4.07. The Bertz CT molecular complexity index is 822. The van der Waals surface area contributed by atoms with Gasteiger partial charge < -0.3 is 14.2 Å². The molecule has 1 amide bonds. The SMILES string of the molecule is Cc1cccc(C)c1NC(=O)[C@H](C)Sc1nnc(-c2ccco2)o1. The average molecular weight is 343 g/mol. The van der Waals surface area contributed by atoms with Crippen molar-refractivity contribution in [3.8, 4) is 11.7 Å². The smallest absolute Gasteiger partial charge is 0.284 e. The monoisotopic (exact) mass is 343 g/mol. The molecule has 1 atom stereocenters. The van der Waals surface area contributed by atoms with Gasteiger partial charge in [0.2, 0.25) is 5.91 Å². The quantitative estimate of drug-likeness (QED) is 0.703. The minimum Gasteiger partial charge on any atom is -0.459 e. The van der Waals surface area contributed by atoms with Gasteiger partial charge in [-0.15, -0.1) is 10.2 Å². The van der Waals surface area contributed by atoms with Gasteiger partial charge in [-0.1, -0.05) is 30.0 Å². The zero-order chi connectivity index (χ0) is 17.1. The molecule has 2 heterocycles. The van der Waals surface area contributed by atoms with Crippen molar-refractivity contribution in [3.63, 3.8) is 0 Å². The lowest BCUT2D eigenvalue weighted by Crippen LogP contribution is -2.23. The molecule has 0 aliphatic heterocycles. The highest BCUT2D eigenvalue weighted by atomic mass is 32.2. The van der Waals surface area contributed by atoms with Gasteiger partial charge in [0.15, 0.2) is 5.76 Å². The van der Waals surface area contributed by atoms with Crippen molar-refractivity contribution in [2.24, 2.45) is 0 Å². The normalized spacial score (nSPS) is 12.1. The number of nitrogens with zero attached hydrogens (tertiary/aromatic N) is 2. The first-order chi connectivity index (χ1) is 11.5. The molecule has 1 N–H and O–H groups in total. The van der Waals surface area contributed by atoms with E-state index in [2.05, 4.69) is 15.5 Å². The summed E-state index contributed by atoms with van der Waals surface area (Å²) in [6.45, 7) is 5.73. The van der Waals surface area contributed by atoms with Gasteiger partial charge in [-0.2, -0.15) is 0 Å². The molecule has 0 aliphatic carbocycles. The van der Waals surface area contributed by atoms with E-state index in [1.807, 2.05) is 32.0 Å². The van der Waals surface area contributed by atoms with Gasteiger partial charge in [-0.25, -0.2) is 0 Å². The number of carbonyl (C=O) groups excluding carboxylic acids is 1. The first-order valence-corrected chi connectivity index (χ1v) is 8.33. The van der Waals surface area contributed by atoms with Crippen LogP contribution < -0.4 is 5.32 Å². The fourth-order valence-electron chi connectivity index (χ4n) is 2.20. The molecule has 24 heavy (non-hydrogen) atoms. The molecule has 0 unspecified atom stereocenters. The van der Waals surface area contributed by atoms with Crippen LogP contribution in [0, 0.1) is 13.8 Å². The zero-order valence-corrected chi connectivity index (χ0v) is 14.4. The van der Waals surface area contributed by atoms with Gasteiger partial charge in [0.25, 0.3) is 11.1 Å². The molecule has 0 saturated heterocycles. The topological polar surface area (TPSA) is 81.2 Å². The molecule has 0 radical (unpaired) electrons. The maximum Gasteiger partial charge on any atom is 0.284 e. The molecule has 0 spiro atoms. The van der Waals surface area contributed by atoms with Crippen molar-refractivity contribution in [3.05, 3.63) is 47.7 Å². The molecule has 124 valence electrons. The lowest BCUT2D eigenvalue weighted by molar-refractivity contribution is -0.115. The van der Waals surface area contributed by atoms with E-state index < -0.39 is 0 Å². The van der Waals surface area contributed by atoms with Crippen LogP contribution in [0.5, 0.6) is 0 Å². The fourth-order valence-corrected chi connectivity index (χ4v) is 2.88. The summed E-state index contributed by atoms with van der Waals surface area (Å²) in [4.78, 5) is 12.4. The Balaban J connectivity index is 1.66. The standard InChI is InChI=1S/C17H17N3O3S/c1-10-6-4-7-11(2)14(10)18-15(21)12(3)24-17-20-19-16(23-17)13-8-5-9-22-13/h4-9,12H,1-3H3,(H,18,21)/t12-/m0/s1. The Morgan fingerprint density at radius 2 is 1.92 bits per heavy atom. The van der Waals surface area contributed by atoms with Gasteiger partial charge >= 0.3 is 0 Å². The average Bonchev–Trinajstić information content (AvgIpc) is 3.21. The number of furan rings is 1. The lowest BCUT2D eigenvalue weighted by atomic mass is 10.1. The van der Waals surface area contributed by atoms with E-state index in [0.717, 1.165) is 16.8 Å². The van der Waals surface area contributed by atoms with Crippen molar-refractivity contribution in [2.45, 2.75) is 31.2 Å². The number of thioether (sulfide) groups is 1. The summed E-state index contributed by atoms with van der Waals surface area (Å²) in [6, 6.07) is 9.38. The molecule has 0 saturated carbocycles. The van der Waals surface area contributed by atoms with Gasteiger partial charge in [0, 0.05) is 5.69 Å². The predicted molar refractivity (Wildman–Crippen MR) is 91.9 cm³/mol. The van der Waals surface area contributed by atoms with Crippen molar-refractivity contribution in [1.82, 2.24) is 10.2 Å². The number of carbonyl (C=O) groups is 1. The van der Waals surface area contributed by atoms with Crippen LogP contribution in [0.2, 0.25) is 0 Å². The summed E-state index contributed by atoms with van der Waals surface area (Å²) >= 11 is 1.21. The third kappa shape index (κ3) is 3.51. The second-order valence-electron chi connectivity index (χ2n) is 5.37. The van der Waals surface area contributed by atoms with Gasteiger partial charge in [0.05, 0.1) is 11.5 Å². The number of para-hydroxylation sites is 1. The Kier molecular flexibility index (Phi) is 4.71. The van der Waals surface area contributed by atoms with E-state index in [1.54, 1.807) is 19.1 Å². The number of hydrogen-bond donors (Lipinski definition) is 1. The molecule has 6 nitrogen and oxygen atoms in total. The molecular formula is C17H17N3O3S. The van der Waals surface area contributed by atoms with E-state index in [4.69, 9.17) is 8.83 Å². The fraction of sp³-hybridized carbons (Fsp3) is 0.235. The van der Waals surface area contributed by atoms with Crippen LogP contribution in [0.4, 0.5) is 5.69 Å². The molecule has 1 aromatic carbocycles. The maximum atomic E-state index is 12.4. The number of hydrogen-bond acceptors (Lipinski definition) is 6. The number of aryl methyl sites for hydroxylation is 2. The second kappa shape index (κ2) is 6.92. The summed E-state index contributed by atoms with van der Waals surface area (Å²) < 4.78 is 10.7. The number of benzene rings is 1. The first kappa shape index (κ1) is 16.3. The minimum atomic E-state index is -0.381. The number of amides is 1. The molecule has 0 bridgehead atoms. The highest BCUT2D eigenvalue weighted by Gasteiger charge is 2.20. The van der Waals surface area contributed by atoms with E-state index in [1.165, 1.54) is 18.0 Å². The van der Waals surface area contributed by atoms with E-state index in [0.29, 0.717) is 16.9 Å². The van der Waals surface area contributed by atoms with Crippen molar-refractivity contribution in [1.29, 1.82) is 0 Å². The van der Waals surface area contributed by atoms with Crippen LogP contribution in [0.3, 0.4) is 0 Å². The van der Waals surface area contributed by atoms with Crippen LogP contribution in [0.25, 0.3) is 11.7 Å². The van der Waals surface area contributed by atoms with Crippen LogP contribution in [-0.4, -0.2) is 21.4 Å². The van der Waals surface area contributed by atoms with Crippen molar-refractivity contribution >= 4 is 23.4 Å². The number of rotatable bonds is 5. The summed E-state index contributed by atoms with van der Waals surface area (Å²) in [5.41, 5.74) is 2.90. The van der Waals surface area contributed by atoms with Crippen LogP contribution in [-0.2, 0) is 4.79 Å². The molecule has 2 aromatic heterocycles. The summed E-state index contributed by atoms with van der Waals surface area (Å²) in [5, 5.41) is 10.8. The van der Waals surface area contributed by atoms with Crippen LogP contribution in [0.15, 0.2) is 50.7 Å². The summed E-state index contributed by atoms with van der Waals surface area (Å²) in [6.07, 6.45) is 1.53. The highest BCUT2D eigenvalue weighted by molar-refractivity contribution is 8.00. The Morgan fingerprint density at radius 3 is 2.58 bits per heavy atom. The van der Waals surface area contributed by atoms with E-state index >= 15 is 0 Å². The molecule has 7 heteroatoms. The highest BCUT2D eigenvalue weighted by Crippen LogP contribution is 2.27. The molecule has 0 fully saturated rings. The van der Waals surface area contributed by atoms with Crippen LogP contribution in [0.1, 0.15) is 18.1 Å². The third-order valence-electron chi connectivity index (χ3n) is 3.51. The second-order valence-corrected chi connectivity index (χ2v) is 6.66. The molecular weight excluding hydrogens is 326 g/mol. The molecule has 3 rings (SSSR count). The lowest BCUT2D eigenvalue weighted by Gasteiger charge is -2.14. The number of anilines is 1. The van der Waals surface area contributed by atoms with Gasteiger partial charge in [-0.05, 0) is 44.0 Å². The number of aromatic nitrogens is 2. The largest absolute Gasteiger partial charge is 0.459 e. The molecule has 3 aromatic rings. The maximum absolute atomic E-state index is 12.4. The summed E-state index contributed by atoms with van der Waals surface area (Å²) in [7, 11) is 0. The summed E-state index contributed by atoms with van der Waals surface area (Å²) in [5.74, 6) is 0.682. The molecule has 0 aliphatic rings. The Morgan fingerprint density at radius 1 is 1.17 bits per heavy atom. The van der Waals surface area contributed by atoms with Crippen molar-refractivity contribution in [2.75, 3.05) is 5.32 Å². The van der Waals surface area contributed by atoms with E-state index in [9.17, 15) is 4.79 Å². The Hall–Kier alpha value is -2.54. The first-order valence-electron chi connectivity index (χ1n) is 7.45. The zero-order valence-electron chi connectivity index (χ0n) is 13.6. The van der Waals surface area contributed by atoms with Crippen LogP contribution >= 0.6 is 11.8 Å². The van der Waals surface area contributed by atoms with E-state index in [-0.39, 0.29) is 11.2 Å².